The number of piperidine rings is 3. The summed E-state index contributed by atoms with van der Waals surface area (Å²) in [5.41, 5.74) is 6.45. The molecule has 0 radical (unpaired) electrons. The van der Waals surface area contributed by atoms with Gasteiger partial charge in [-0.25, -0.2) is 0 Å². The molecule has 11 heteroatoms. The average molecular weight is 788 g/mol. The van der Waals surface area contributed by atoms with E-state index in [1.54, 1.807) is 0 Å². The molecule has 2 atom stereocenters. The fourth-order valence-electron chi connectivity index (χ4n) is 11.1. The maximum Gasteiger partial charge on any atom is 0.253 e. The highest BCUT2D eigenvalue weighted by Gasteiger charge is 2.49. The topological polar surface area (TPSA) is 103 Å². The van der Waals surface area contributed by atoms with Crippen molar-refractivity contribution < 1.29 is 14.4 Å². The number of likely N-dealkylation sites (tertiary alicyclic amines) is 1. The number of nitrogens with zero attached hydrogens (tertiary/aromatic N) is 6. The number of amides is 3. The number of nitrogens with one attached hydrogen (secondary N) is 1. The van der Waals surface area contributed by atoms with Crippen LogP contribution in [0.5, 0.6) is 0 Å². The second kappa shape index (κ2) is 15.3. The molecule has 1 aliphatic carbocycles. The van der Waals surface area contributed by atoms with Crippen molar-refractivity contribution in [3.05, 3.63) is 88.4 Å². The van der Waals surface area contributed by atoms with Crippen molar-refractivity contribution >= 4 is 46.4 Å². The summed E-state index contributed by atoms with van der Waals surface area (Å²) < 4.78 is 0. The minimum atomic E-state index is -0.241. The Morgan fingerprint density at radius 3 is 2.02 bits per heavy atom. The predicted molar refractivity (Wildman–Crippen MR) is 224 cm³/mol. The highest BCUT2D eigenvalue weighted by Crippen LogP contribution is 2.51. The summed E-state index contributed by atoms with van der Waals surface area (Å²) in [5, 5.41) is 12.3. The molecule has 10 nitrogen and oxygen atoms in total. The number of piperazine rings is 1. The van der Waals surface area contributed by atoms with Gasteiger partial charge in [0.1, 0.15) is 6.07 Å². The van der Waals surface area contributed by atoms with Gasteiger partial charge in [-0.2, -0.15) is 5.26 Å². The van der Waals surface area contributed by atoms with Crippen molar-refractivity contribution in [1.82, 2.24) is 15.1 Å². The standard InChI is InChI=1S/C46H54ClN7O3/c1-32-27-46(31-54(32)38-11-6-35(30-48)41(47)26-38)16-18-50(19-17-46)36-9-4-34(5-10-36)44(57)53-20-14-45(15-21-53)28-39(29-45)52-24-22-51(23-25-52)37-7-2-33(3-8-37)40-12-13-42(55)49-43(40)56/h2-11,26,32,39-40H,12-25,27-29,31H2,1H3,(H,49,55,56)/t32-,40+/m1/s1. The molecule has 0 bridgehead atoms. The molecule has 1 saturated carbocycles. The Hall–Kier alpha value is -4.59. The summed E-state index contributed by atoms with van der Waals surface area (Å²) >= 11 is 6.39. The van der Waals surface area contributed by atoms with Crippen LogP contribution in [-0.4, -0.2) is 98.5 Å². The third kappa shape index (κ3) is 7.49. The summed E-state index contributed by atoms with van der Waals surface area (Å²) in [6, 6.07) is 25.8. The van der Waals surface area contributed by atoms with Gasteiger partial charge in [0.05, 0.1) is 16.5 Å². The van der Waals surface area contributed by atoms with E-state index in [9.17, 15) is 19.6 Å². The normalized spacial score (nSPS) is 25.1. The Morgan fingerprint density at radius 2 is 1.39 bits per heavy atom. The zero-order chi connectivity index (χ0) is 39.3. The van der Waals surface area contributed by atoms with E-state index >= 15 is 0 Å². The molecule has 2 spiro atoms. The largest absolute Gasteiger partial charge is 0.371 e. The first-order valence-corrected chi connectivity index (χ1v) is 21.5. The third-order valence-electron chi connectivity index (χ3n) is 14.7. The highest BCUT2D eigenvalue weighted by molar-refractivity contribution is 6.32. The SMILES string of the molecule is C[C@@H]1CC2(CCN(c3ccc(C(=O)N4CCC5(CC4)CC(N4CCN(c6ccc([C@@H]7CCC(=O)NC7=O)cc6)CC4)C5)cc3)CC2)CN1c1ccc(C#N)c(Cl)c1. The van der Waals surface area contributed by atoms with E-state index in [0.29, 0.717) is 40.9 Å². The maximum absolute atomic E-state index is 13.6. The zero-order valence-corrected chi connectivity index (χ0v) is 33.9. The summed E-state index contributed by atoms with van der Waals surface area (Å²) in [5.74, 6) is -0.438. The molecule has 6 fully saturated rings. The van der Waals surface area contributed by atoms with E-state index in [1.165, 1.54) is 24.2 Å². The number of carbonyl (C=O) groups is 3. The number of nitriles is 1. The van der Waals surface area contributed by atoms with E-state index in [1.807, 2.05) is 30.3 Å². The van der Waals surface area contributed by atoms with Crippen molar-refractivity contribution in [2.45, 2.75) is 82.7 Å². The zero-order valence-electron chi connectivity index (χ0n) is 33.1. The lowest BCUT2D eigenvalue weighted by Gasteiger charge is -2.56. The first kappa shape index (κ1) is 38.0. The average Bonchev–Trinajstić information content (AvgIpc) is 3.55. The highest BCUT2D eigenvalue weighted by atomic mass is 35.5. The predicted octanol–water partition coefficient (Wildman–Crippen LogP) is 6.82. The van der Waals surface area contributed by atoms with Crippen LogP contribution >= 0.6 is 11.6 Å². The van der Waals surface area contributed by atoms with Gasteiger partial charge in [0.2, 0.25) is 11.8 Å². The molecule has 5 aliphatic heterocycles. The maximum atomic E-state index is 13.6. The lowest BCUT2D eigenvalue weighted by Crippen LogP contribution is -2.59. The van der Waals surface area contributed by atoms with E-state index in [4.69, 9.17) is 11.6 Å². The first-order chi connectivity index (χ1) is 27.6. The molecule has 57 heavy (non-hydrogen) atoms. The summed E-state index contributed by atoms with van der Waals surface area (Å²) in [7, 11) is 0. The van der Waals surface area contributed by atoms with Gasteiger partial charge in [0.25, 0.3) is 5.91 Å². The number of rotatable bonds is 6. The van der Waals surface area contributed by atoms with Crippen LogP contribution in [0.3, 0.4) is 0 Å². The lowest BCUT2D eigenvalue weighted by molar-refractivity contribution is -0.134. The van der Waals surface area contributed by atoms with Crippen LogP contribution in [0.15, 0.2) is 66.7 Å². The fourth-order valence-corrected chi connectivity index (χ4v) is 11.3. The van der Waals surface area contributed by atoms with Gasteiger partial charge in [-0.05, 0) is 129 Å². The third-order valence-corrected chi connectivity index (χ3v) is 15.0. The van der Waals surface area contributed by atoms with E-state index in [-0.39, 0.29) is 29.1 Å². The quantitative estimate of drug-likeness (QED) is 0.272. The van der Waals surface area contributed by atoms with Crippen molar-refractivity contribution in [1.29, 1.82) is 5.26 Å². The molecule has 9 rings (SSSR count). The van der Waals surface area contributed by atoms with Crippen LogP contribution in [-0.2, 0) is 9.59 Å². The van der Waals surface area contributed by atoms with Crippen molar-refractivity contribution in [3.8, 4) is 6.07 Å². The molecule has 1 N–H and O–H groups in total. The number of hydrogen-bond acceptors (Lipinski definition) is 8. The van der Waals surface area contributed by atoms with Gasteiger partial charge in [0, 0.05) is 100 Å². The first-order valence-electron chi connectivity index (χ1n) is 21.1. The second-order valence-corrected chi connectivity index (χ2v) is 18.4. The van der Waals surface area contributed by atoms with Crippen molar-refractivity contribution in [2.24, 2.45) is 10.8 Å². The van der Waals surface area contributed by atoms with Gasteiger partial charge >= 0.3 is 0 Å². The van der Waals surface area contributed by atoms with Gasteiger partial charge < -0.3 is 19.6 Å². The smallest absolute Gasteiger partial charge is 0.253 e. The molecule has 5 heterocycles. The van der Waals surface area contributed by atoms with Crippen LogP contribution in [0.25, 0.3) is 0 Å². The van der Waals surface area contributed by atoms with E-state index in [0.717, 1.165) is 108 Å². The minimum absolute atomic E-state index is 0.161. The monoisotopic (exact) mass is 787 g/mol. The molecule has 5 saturated heterocycles. The molecule has 3 aromatic rings. The van der Waals surface area contributed by atoms with Crippen molar-refractivity contribution in [2.75, 3.05) is 73.6 Å². The Bertz CT molecular complexity index is 2030. The molecule has 3 amide bonds. The van der Waals surface area contributed by atoms with Gasteiger partial charge in [0.15, 0.2) is 0 Å². The van der Waals surface area contributed by atoms with Crippen molar-refractivity contribution in [3.63, 3.8) is 0 Å². The van der Waals surface area contributed by atoms with Crippen LogP contribution in [0.2, 0.25) is 5.02 Å². The van der Waals surface area contributed by atoms with E-state index < -0.39 is 0 Å². The second-order valence-electron chi connectivity index (χ2n) is 18.0. The van der Waals surface area contributed by atoms with Crippen LogP contribution in [0.4, 0.5) is 17.1 Å². The summed E-state index contributed by atoms with van der Waals surface area (Å²) in [6.07, 6.45) is 9.07. The molecule has 298 valence electrons. The number of hydrogen-bond donors (Lipinski definition) is 1. The van der Waals surface area contributed by atoms with Crippen LogP contribution in [0.1, 0.15) is 92.1 Å². The number of anilines is 3. The fraction of sp³-hybridized carbons (Fsp3) is 0.522. The summed E-state index contributed by atoms with van der Waals surface area (Å²) in [4.78, 5) is 49.6. The Balaban J connectivity index is 0.708. The van der Waals surface area contributed by atoms with Crippen LogP contribution < -0.4 is 20.0 Å². The Labute approximate surface area is 341 Å². The Kier molecular flexibility index (Phi) is 10.2. The number of carbonyl (C=O) groups excluding carboxylic acids is 3. The van der Waals surface area contributed by atoms with Gasteiger partial charge in [-0.3, -0.25) is 24.6 Å². The van der Waals surface area contributed by atoms with E-state index in [2.05, 4.69) is 79.2 Å². The minimum Gasteiger partial charge on any atom is -0.371 e. The number of imide groups is 1. The molecule has 3 aromatic carbocycles. The van der Waals surface area contributed by atoms with Gasteiger partial charge in [-0.15, -0.1) is 0 Å². The molecule has 0 unspecified atom stereocenters. The molecule has 0 aromatic heterocycles. The van der Waals surface area contributed by atoms with Crippen LogP contribution in [0, 0.1) is 22.2 Å². The summed E-state index contributed by atoms with van der Waals surface area (Å²) in [6.45, 7) is 11.1. The molecule has 6 aliphatic rings. The number of halogens is 1. The number of benzene rings is 3. The molecular formula is C46H54ClN7O3. The lowest BCUT2D eigenvalue weighted by atomic mass is 9.60. The molecular weight excluding hydrogens is 734 g/mol. The van der Waals surface area contributed by atoms with Gasteiger partial charge in [-0.1, -0.05) is 23.7 Å². The Morgan fingerprint density at radius 1 is 0.772 bits per heavy atom.